The molecule has 0 spiro atoms. The maximum absolute atomic E-state index is 6.38. The summed E-state index contributed by atoms with van der Waals surface area (Å²) in [6, 6.07) is 15.4. The first-order valence-electron chi connectivity index (χ1n) is 8.63. The molecule has 2 unspecified atom stereocenters. The molecular weight excluding hydrogens is 302 g/mol. The molecule has 1 aliphatic carbocycles. The van der Waals surface area contributed by atoms with Crippen molar-refractivity contribution in [3.8, 4) is 0 Å². The number of fused-ring (bicyclic) bond motifs is 3. The Hall–Kier alpha value is -1.47. The van der Waals surface area contributed by atoms with Crippen LogP contribution in [0.3, 0.4) is 0 Å². The summed E-state index contributed by atoms with van der Waals surface area (Å²) in [5.41, 5.74) is 5.64. The van der Waals surface area contributed by atoms with Gasteiger partial charge in [0, 0.05) is 21.8 Å². The number of hydrogen-bond acceptors (Lipinski definition) is 1. The zero-order valence-corrected chi connectivity index (χ0v) is 15.0. The van der Waals surface area contributed by atoms with E-state index in [4.69, 9.17) is 11.6 Å². The average molecular weight is 326 g/mol. The molecule has 1 aliphatic heterocycles. The molecular formula is C21H24ClN. The quantitative estimate of drug-likeness (QED) is 0.587. The summed E-state index contributed by atoms with van der Waals surface area (Å²) >= 11 is 6.38. The Kier molecular flexibility index (Phi) is 3.29. The normalized spacial score (nSPS) is 29.3. The molecule has 4 rings (SSSR count). The molecule has 2 heteroatoms. The minimum Gasteiger partial charge on any atom is -0.334 e. The Balaban J connectivity index is 1.98. The van der Waals surface area contributed by atoms with Crippen LogP contribution >= 0.6 is 11.6 Å². The Bertz CT molecular complexity index is 748. The van der Waals surface area contributed by atoms with Gasteiger partial charge < -0.3 is 4.90 Å². The summed E-state index contributed by atoms with van der Waals surface area (Å²) in [6.45, 7) is 7.03. The van der Waals surface area contributed by atoms with Crippen molar-refractivity contribution in [2.24, 2.45) is 0 Å². The van der Waals surface area contributed by atoms with Gasteiger partial charge in [0.15, 0.2) is 0 Å². The third-order valence-corrected chi connectivity index (χ3v) is 6.52. The molecule has 0 radical (unpaired) electrons. The SMILES string of the molecule is Cc1cc(Cl)cc(N2c3ccccc3C3(C)CCCCC23C)c1. The maximum atomic E-state index is 6.38. The fourth-order valence-electron chi connectivity index (χ4n) is 4.95. The first-order valence-corrected chi connectivity index (χ1v) is 9.00. The van der Waals surface area contributed by atoms with E-state index in [2.05, 4.69) is 62.1 Å². The van der Waals surface area contributed by atoms with Crippen LogP contribution in [0, 0.1) is 6.92 Å². The van der Waals surface area contributed by atoms with Gasteiger partial charge in [0.05, 0.1) is 5.54 Å². The Morgan fingerprint density at radius 1 is 1.00 bits per heavy atom. The number of nitrogens with zero attached hydrogens (tertiary/aromatic N) is 1. The highest BCUT2D eigenvalue weighted by atomic mass is 35.5. The standard InChI is InChI=1S/C21H24ClN/c1-15-12-16(22)14-17(13-15)23-19-9-5-4-8-18(19)20(2)10-6-7-11-21(20,23)3/h4-5,8-9,12-14H,6-7,10-11H2,1-3H3. The van der Waals surface area contributed by atoms with Crippen molar-refractivity contribution in [1.29, 1.82) is 0 Å². The monoisotopic (exact) mass is 325 g/mol. The van der Waals surface area contributed by atoms with Gasteiger partial charge in [0.1, 0.15) is 0 Å². The molecule has 120 valence electrons. The summed E-state index contributed by atoms with van der Waals surface area (Å²) in [5.74, 6) is 0. The van der Waals surface area contributed by atoms with Gasteiger partial charge in [-0.2, -0.15) is 0 Å². The van der Waals surface area contributed by atoms with E-state index < -0.39 is 0 Å². The summed E-state index contributed by atoms with van der Waals surface area (Å²) < 4.78 is 0. The lowest BCUT2D eigenvalue weighted by Gasteiger charge is -2.50. The van der Waals surface area contributed by atoms with Crippen molar-refractivity contribution < 1.29 is 0 Å². The van der Waals surface area contributed by atoms with E-state index in [-0.39, 0.29) is 11.0 Å². The van der Waals surface area contributed by atoms with Crippen LogP contribution in [0.4, 0.5) is 11.4 Å². The molecule has 2 aromatic rings. The number of hydrogen-bond donors (Lipinski definition) is 0. The first kappa shape index (κ1) is 15.1. The Labute approximate surface area is 144 Å². The number of para-hydroxylation sites is 1. The largest absolute Gasteiger partial charge is 0.334 e. The highest BCUT2D eigenvalue weighted by Crippen LogP contribution is 2.60. The molecule has 2 aromatic carbocycles. The zero-order chi connectivity index (χ0) is 16.2. The van der Waals surface area contributed by atoms with Crippen LogP contribution in [-0.2, 0) is 5.41 Å². The second-order valence-electron chi connectivity index (χ2n) is 7.65. The van der Waals surface area contributed by atoms with Crippen LogP contribution in [0.15, 0.2) is 42.5 Å². The Morgan fingerprint density at radius 2 is 1.74 bits per heavy atom. The van der Waals surface area contributed by atoms with Crippen molar-refractivity contribution in [2.45, 2.75) is 57.4 Å². The zero-order valence-electron chi connectivity index (χ0n) is 14.2. The van der Waals surface area contributed by atoms with E-state index in [0.29, 0.717) is 0 Å². The summed E-state index contributed by atoms with van der Waals surface area (Å²) in [7, 11) is 0. The second-order valence-corrected chi connectivity index (χ2v) is 8.09. The number of halogens is 1. The molecule has 1 saturated carbocycles. The van der Waals surface area contributed by atoms with Crippen LogP contribution in [0.25, 0.3) is 0 Å². The lowest BCUT2D eigenvalue weighted by Crippen LogP contribution is -2.54. The second kappa shape index (κ2) is 5.01. The summed E-state index contributed by atoms with van der Waals surface area (Å²) in [6.07, 6.45) is 5.11. The van der Waals surface area contributed by atoms with Crippen molar-refractivity contribution in [2.75, 3.05) is 4.90 Å². The smallest absolute Gasteiger partial charge is 0.0517 e. The van der Waals surface area contributed by atoms with Crippen LogP contribution < -0.4 is 4.90 Å². The predicted molar refractivity (Wildman–Crippen MR) is 99.0 cm³/mol. The number of anilines is 2. The molecule has 1 heterocycles. The fraction of sp³-hybridized carbons (Fsp3) is 0.429. The fourth-order valence-corrected chi connectivity index (χ4v) is 5.23. The average Bonchev–Trinajstić information content (AvgIpc) is 2.71. The van der Waals surface area contributed by atoms with Gasteiger partial charge in [-0.1, -0.05) is 49.6 Å². The van der Waals surface area contributed by atoms with Crippen LogP contribution in [0.5, 0.6) is 0 Å². The molecule has 1 fully saturated rings. The third kappa shape index (κ3) is 1.99. The van der Waals surface area contributed by atoms with Crippen molar-refractivity contribution in [3.05, 3.63) is 58.6 Å². The topological polar surface area (TPSA) is 3.24 Å². The number of rotatable bonds is 1. The van der Waals surface area contributed by atoms with Gasteiger partial charge in [-0.25, -0.2) is 0 Å². The number of aryl methyl sites for hydroxylation is 1. The van der Waals surface area contributed by atoms with Gasteiger partial charge in [0.25, 0.3) is 0 Å². The van der Waals surface area contributed by atoms with Crippen molar-refractivity contribution in [1.82, 2.24) is 0 Å². The lowest BCUT2D eigenvalue weighted by atomic mass is 9.61. The van der Waals surface area contributed by atoms with E-state index in [1.807, 2.05) is 6.07 Å². The van der Waals surface area contributed by atoms with E-state index in [1.54, 1.807) is 0 Å². The highest BCUT2D eigenvalue weighted by molar-refractivity contribution is 6.31. The molecule has 0 aromatic heterocycles. The summed E-state index contributed by atoms with van der Waals surface area (Å²) in [5, 5.41) is 0.825. The molecule has 2 aliphatic rings. The summed E-state index contributed by atoms with van der Waals surface area (Å²) in [4.78, 5) is 2.57. The number of benzene rings is 2. The Morgan fingerprint density at radius 3 is 2.52 bits per heavy atom. The molecule has 2 atom stereocenters. The minimum absolute atomic E-state index is 0.117. The molecule has 1 nitrogen and oxygen atoms in total. The van der Waals surface area contributed by atoms with Crippen LogP contribution in [0.2, 0.25) is 5.02 Å². The predicted octanol–water partition coefficient (Wildman–Crippen LogP) is 6.39. The maximum Gasteiger partial charge on any atom is 0.0517 e. The minimum atomic E-state index is 0.117. The lowest BCUT2D eigenvalue weighted by molar-refractivity contribution is 0.195. The van der Waals surface area contributed by atoms with Crippen molar-refractivity contribution >= 4 is 23.0 Å². The van der Waals surface area contributed by atoms with Crippen LogP contribution in [0.1, 0.15) is 50.7 Å². The third-order valence-electron chi connectivity index (χ3n) is 6.30. The molecule has 0 saturated heterocycles. The van der Waals surface area contributed by atoms with E-state index in [9.17, 15) is 0 Å². The van der Waals surface area contributed by atoms with Gasteiger partial charge >= 0.3 is 0 Å². The molecule has 23 heavy (non-hydrogen) atoms. The van der Waals surface area contributed by atoms with Gasteiger partial charge in [-0.05, 0) is 62.1 Å². The van der Waals surface area contributed by atoms with E-state index in [0.717, 1.165) is 5.02 Å². The first-order chi connectivity index (χ1) is 11.0. The van der Waals surface area contributed by atoms with E-state index >= 15 is 0 Å². The molecule has 0 N–H and O–H groups in total. The highest BCUT2D eigenvalue weighted by Gasteiger charge is 2.57. The van der Waals surface area contributed by atoms with E-state index in [1.165, 1.54) is 48.2 Å². The van der Waals surface area contributed by atoms with Gasteiger partial charge in [-0.3, -0.25) is 0 Å². The van der Waals surface area contributed by atoms with Crippen LogP contribution in [-0.4, -0.2) is 5.54 Å². The van der Waals surface area contributed by atoms with Crippen molar-refractivity contribution in [3.63, 3.8) is 0 Å². The molecule has 0 bridgehead atoms. The van der Waals surface area contributed by atoms with Gasteiger partial charge in [-0.15, -0.1) is 0 Å². The molecule has 0 amide bonds. The van der Waals surface area contributed by atoms with Gasteiger partial charge in [0.2, 0.25) is 0 Å².